The van der Waals surface area contributed by atoms with Crippen molar-refractivity contribution in [2.45, 2.75) is 12.5 Å². The van der Waals surface area contributed by atoms with Crippen molar-refractivity contribution in [2.75, 3.05) is 13.7 Å². The van der Waals surface area contributed by atoms with Gasteiger partial charge in [-0.3, -0.25) is 9.59 Å². The van der Waals surface area contributed by atoms with Gasteiger partial charge in [-0.05, 0) is 47.4 Å². The Balaban J connectivity index is 1.45. The zero-order chi connectivity index (χ0) is 25.1. The smallest absolute Gasteiger partial charge is 0.290 e. The van der Waals surface area contributed by atoms with Crippen LogP contribution in [-0.4, -0.2) is 40.3 Å². The number of ketones is 1. The van der Waals surface area contributed by atoms with Crippen LogP contribution in [0.4, 0.5) is 0 Å². The monoisotopic (exact) mass is 478 g/mol. The lowest BCUT2D eigenvalue weighted by Gasteiger charge is -2.26. The number of aliphatic hydroxyl groups excluding tert-OH is 1. The number of fused-ring (bicyclic) bond motifs is 1. The summed E-state index contributed by atoms with van der Waals surface area (Å²) in [5, 5.41) is 11.8. The van der Waals surface area contributed by atoms with Crippen molar-refractivity contribution in [3.05, 3.63) is 119 Å². The van der Waals surface area contributed by atoms with Gasteiger partial charge in [0.2, 0.25) is 0 Å². The second-order valence-electron chi connectivity index (χ2n) is 8.66. The number of methoxy groups -OCH3 is 1. The second kappa shape index (κ2) is 9.96. The van der Waals surface area contributed by atoms with Crippen LogP contribution in [-0.2, 0) is 16.0 Å². The number of hydrogen-bond acceptors (Lipinski definition) is 4. The van der Waals surface area contributed by atoms with Crippen LogP contribution >= 0.6 is 0 Å². The molecule has 1 aromatic heterocycles. The quantitative estimate of drug-likeness (QED) is 0.332. The van der Waals surface area contributed by atoms with Crippen LogP contribution in [0.5, 0.6) is 5.75 Å². The fourth-order valence-corrected chi connectivity index (χ4v) is 4.68. The van der Waals surface area contributed by atoms with Gasteiger partial charge in [0, 0.05) is 23.6 Å². The number of benzene rings is 3. The van der Waals surface area contributed by atoms with Gasteiger partial charge in [0.1, 0.15) is 5.75 Å². The maximum atomic E-state index is 13.3. The van der Waals surface area contributed by atoms with Gasteiger partial charge in [0.25, 0.3) is 5.91 Å². The molecule has 0 spiro atoms. The van der Waals surface area contributed by atoms with E-state index >= 15 is 0 Å². The van der Waals surface area contributed by atoms with E-state index < -0.39 is 23.5 Å². The fourth-order valence-electron chi connectivity index (χ4n) is 4.68. The van der Waals surface area contributed by atoms with E-state index in [1.807, 2.05) is 85.1 Å². The third-order valence-electron chi connectivity index (χ3n) is 6.51. The number of aromatic amines is 1. The predicted octanol–water partition coefficient (Wildman–Crippen LogP) is 5.40. The Morgan fingerprint density at radius 1 is 1.06 bits per heavy atom. The molecule has 3 aromatic carbocycles. The molecule has 1 atom stereocenters. The van der Waals surface area contributed by atoms with Crippen molar-refractivity contribution in [3.8, 4) is 5.75 Å². The fraction of sp³-hybridized carbons (Fsp3) is 0.133. The molecular formula is C30H26N2O4. The predicted molar refractivity (Wildman–Crippen MR) is 140 cm³/mol. The van der Waals surface area contributed by atoms with Crippen molar-refractivity contribution in [1.29, 1.82) is 0 Å². The standard InChI is InChI=1S/C30H26N2O4/c1-36-23-13-14-25-24(18-23)22(19-31-25)16-17-32-28(21-10-6-3-7-11-21)27(29(34)30(32)35)26(33)15-12-20-8-4-2-5-9-20/h2-15,18-19,28,31,34H,16-17H2,1H3/b15-12+/t28-/m0/s1. The van der Waals surface area contributed by atoms with Crippen LogP contribution in [0.2, 0.25) is 0 Å². The SMILES string of the molecule is COc1ccc2[nH]cc(CCN3C(=O)C(O)=C(C(=O)/C=C/c4ccccc4)[C@@H]3c3ccccc3)c2c1. The van der Waals surface area contributed by atoms with E-state index in [-0.39, 0.29) is 5.57 Å². The minimum atomic E-state index is -0.675. The van der Waals surface area contributed by atoms with Gasteiger partial charge in [-0.15, -0.1) is 0 Å². The summed E-state index contributed by atoms with van der Waals surface area (Å²) in [6.45, 7) is 0.325. The summed E-state index contributed by atoms with van der Waals surface area (Å²) < 4.78 is 5.36. The van der Waals surface area contributed by atoms with Gasteiger partial charge < -0.3 is 19.7 Å². The minimum Gasteiger partial charge on any atom is -0.503 e. The molecule has 2 N–H and O–H groups in total. The Kier molecular flexibility index (Phi) is 6.41. The van der Waals surface area contributed by atoms with E-state index in [2.05, 4.69) is 4.98 Å². The molecule has 1 aliphatic rings. The number of aromatic nitrogens is 1. The third kappa shape index (κ3) is 4.41. The Labute approximate surface area is 209 Å². The Morgan fingerprint density at radius 2 is 1.78 bits per heavy atom. The first-order chi connectivity index (χ1) is 17.6. The summed E-state index contributed by atoms with van der Waals surface area (Å²) >= 11 is 0. The van der Waals surface area contributed by atoms with Gasteiger partial charge in [0.05, 0.1) is 18.7 Å². The highest BCUT2D eigenvalue weighted by Gasteiger charge is 2.42. The first kappa shape index (κ1) is 23.2. The van der Waals surface area contributed by atoms with Crippen molar-refractivity contribution in [3.63, 3.8) is 0 Å². The molecule has 36 heavy (non-hydrogen) atoms. The summed E-state index contributed by atoms with van der Waals surface area (Å²) in [5.74, 6) is -0.678. The number of nitrogens with one attached hydrogen (secondary N) is 1. The molecule has 0 unspecified atom stereocenters. The van der Waals surface area contributed by atoms with E-state index in [0.717, 1.165) is 33.3 Å². The van der Waals surface area contributed by atoms with Crippen LogP contribution < -0.4 is 4.74 Å². The van der Waals surface area contributed by atoms with E-state index in [0.29, 0.717) is 13.0 Å². The number of H-pyrrole nitrogens is 1. The zero-order valence-corrected chi connectivity index (χ0v) is 19.8. The number of aliphatic hydroxyl groups is 1. The maximum Gasteiger partial charge on any atom is 0.290 e. The van der Waals surface area contributed by atoms with Gasteiger partial charge in [-0.25, -0.2) is 0 Å². The molecule has 4 aromatic rings. The number of carbonyl (C=O) groups excluding carboxylic acids is 2. The highest BCUT2D eigenvalue weighted by atomic mass is 16.5. The van der Waals surface area contributed by atoms with Gasteiger partial charge >= 0.3 is 0 Å². The number of rotatable bonds is 8. The number of carbonyl (C=O) groups is 2. The molecule has 180 valence electrons. The largest absolute Gasteiger partial charge is 0.503 e. The third-order valence-corrected chi connectivity index (χ3v) is 6.51. The lowest BCUT2D eigenvalue weighted by atomic mass is 9.95. The molecule has 6 heteroatoms. The van der Waals surface area contributed by atoms with E-state index in [1.165, 1.54) is 6.08 Å². The van der Waals surface area contributed by atoms with E-state index in [9.17, 15) is 14.7 Å². The molecule has 1 amide bonds. The lowest BCUT2D eigenvalue weighted by Crippen LogP contribution is -2.32. The van der Waals surface area contributed by atoms with Gasteiger partial charge in [-0.1, -0.05) is 66.7 Å². The zero-order valence-electron chi connectivity index (χ0n) is 19.8. The number of allylic oxidation sites excluding steroid dienone is 1. The van der Waals surface area contributed by atoms with Crippen molar-refractivity contribution in [2.24, 2.45) is 0 Å². The minimum absolute atomic E-state index is 0.0963. The van der Waals surface area contributed by atoms with Gasteiger partial charge in [-0.2, -0.15) is 0 Å². The highest BCUT2D eigenvalue weighted by Crippen LogP contribution is 2.38. The molecule has 0 radical (unpaired) electrons. The molecule has 6 nitrogen and oxygen atoms in total. The first-order valence-electron chi connectivity index (χ1n) is 11.8. The number of amides is 1. The molecule has 1 aliphatic heterocycles. The van der Waals surface area contributed by atoms with Crippen LogP contribution in [0.15, 0.2) is 102 Å². The molecule has 0 saturated carbocycles. The number of nitrogens with zero attached hydrogens (tertiary/aromatic N) is 1. The van der Waals surface area contributed by atoms with E-state index in [4.69, 9.17) is 4.74 Å². The van der Waals surface area contributed by atoms with Crippen LogP contribution in [0.25, 0.3) is 17.0 Å². The molecule has 5 rings (SSSR count). The van der Waals surface area contributed by atoms with Crippen molar-refractivity contribution >= 4 is 28.7 Å². The molecule has 2 heterocycles. The molecule has 0 fully saturated rings. The molecular weight excluding hydrogens is 452 g/mol. The van der Waals surface area contributed by atoms with Crippen LogP contribution in [0.1, 0.15) is 22.7 Å². The number of ether oxygens (including phenoxy) is 1. The lowest BCUT2D eigenvalue weighted by molar-refractivity contribution is -0.129. The normalized spacial score (nSPS) is 15.9. The van der Waals surface area contributed by atoms with Crippen LogP contribution in [0, 0.1) is 0 Å². The summed E-state index contributed by atoms with van der Waals surface area (Å²) in [7, 11) is 1.63. The molecule has 0 bridgehead atoms. The summed E-state index contributed by atoms with van der Waals surface area (Å²) in [5.41, 5.74) is 3.72. The average Bonchev–Trinajstić information content (AvgIpc) is 3.44. The second-order valence-corrected chi connectivity index (χ2v) is 8.66. The van der Waals surface area contributed by atoms with E-state index in [1.54, 1.807) is 18.1 Å². The van der Waals surface area contributed by atoms with Crippen molar-refractivity contribution < 1.29 is 19.4 Å². The summed E-state index contributed by atoms with van der Waals surface area (Å²) in [6, 6.07) is 23.9. The summed E-state index contributed by atoms with van der Waals surface area (Å²) in [4.78, 5) is 31.3. The Bertz CT molecular complexity index is 1470. The summed E-state index contributed by atoms with van der Waals surface area (Å²) in [6.07, 6.45) is 5.57. The molecule has 0 aliphatic carbocycles. The Hall–Kier alpha value is -4.58. The topological polar surface area (TPSA) is 82.6 Å². The number of hydrogen-bond donors (Lipinski definition) is 2. The van der Waals surface area contributed by atoms with Gasteiger partial charge in [0.15, 0.2) is 11.5 Å². The average molecular weight is 479 g/mol. The Morgan fingerprint density at radius 3 is 2.50 bits per heavy atom. The van der Waals surface area contributed by atoms with Crippen molar-refractivity contribution in [1.82, 2.24) is 9.88 Å². The maximum absolute atomic E-state index is 13.3. The highest BCUT2D eigenvalue weighted by molar-refractivity contribution is 6.14. The molecule has 0 saturated heterocycles. The van der Waals surface area contributed by atoms with Crippen LogP contribution in [0.3, 0.4) is 0 Å². The first-order valence-corrected chi connectivity index (χ1v) is 11.8.